The molecule has 0 amide bonds. The summed E-state index contributed by atoms with van der Waals surface area (Å²) in [6, 6.07) is 16.7. The Morgan fingerprint density at radius 3 is 2.62 bits per heavy atom. The van der Waals surface area contributed by atoms with Crippen LogP contribution in [0.5, 0.6) is 0 Å². The molecule has 3 nitrogen and oxygen atoms in total. The van der Waals surface area contributed by atoms with Crippen LogP contribution in [0.2, 0.25) is 0 Å². The number of nitrogens with one attached hydrogen (secondary N) is 1. The van der Waals surface area contributed by atoms with E-state index in [1.165, 1.54) is 30.4 Å². The second-order valence-corrected chi connectivity index (χ2v) is 7.58. The van der Waals surface area contributed by atoms with Gasteiger partial charge in [-0.05, 0) is 72.3 Å². The van der Waals surface area contributed by atoms with E-state index in [4.69, 9.17) is 0 Å². The lowest BCUT2D eigenvalue weighted by Crippen LogP contribution is -2.35. The summed E-state index contributed by atoms with van der Waals surface area (Å²) in [7, 11) is 0. The lowest BCUT2D eigenvalue weighted by molar-refractivity contribution is 0.0696. The average molecular weight is 319 g/mol. The zero-order valence-electron chi connectivity index (χ0n) is 13.5. The molecule has 3 heteroatoms. The minimum Gasteiger partial charge on any atom is -0.478 e. The predicted molar refractivity (Wildman–Crippen MR) is 93.3 cm³/mol. The third kappa shape index (κ3) is 1.94. The number of fused-ring (bicyclic) bond motifs is 7. The lowest BCUT2D eigenvalue weighted by atomic mass is 9.68. The number of hydrogen-bond acceptors (Lipinski definition) is 2. The summed E-state index contributed by atoms with van der Waals surface area (Å²) in [4.78, 5) is 11.4. The normalized spacial score (nSPS) is 32.8. The second-order valence-electron chi connectivity index (χ2n) is 7.58. The summed E-state index contributed by atoms with van der Waals surface area (Å²) in [5, 5.41) is 13.1. The van der Waals surface area contributed by atoms with Crippen molar-refractivity contribution in [2.24, 2.45) is 17.8 Å². The fourth-order valence-electron chi connectivity index (χ4n) is 5.61. The van der Waals surface area contributed by atoms with Gasteiger partial charge in [0.15, 0.2) is 0 Å². The second kappa shape index (κ2) is 5.10. The number of carboxylic acids is 1. The minimum atomic E-state index is -0.831. The summed E-state index contributed by atoms with van der Waals surface area (Å²) in [5.74, 6) is 1.74. The highest BCUT2D eigenvalue weighted by Crippen LogP contribution is 2.63. The Bertz CT molecular complexity index is 801. The van der Waals surface area contributed by atoms with Crippen LogP contribution in [0, 0.1) is 17.8 Å². The molecular formula is C21H21NO2. The van der Waals surface area contributed by atoms with Crippen LogP contribution in [-0.2, 0) is 0 Å². The van der Waals surface area contributed by atoms with Gasteiger partial charge in [-0.25, -0.2) is 4.79 Å². The molecule has 5 rings (SSSR count). The van der Waals surface area contributed by atoms with Gasteiger partial charge < -0.3 is 10.4 Å². The molecule has 1 aliphatic heterocycles. The molecule has 0 unspecified atom stereocenters. The highest BCUT2D eigenvalue weighted by Gasteiger charge is 2.53. The Morgan fingerprint density at radius 1 is 1.04 bits per heavy atom. The van der Waals surface area contributed by atoms with E-state index in [0.29, 0.717) is 23.4 Å². The molecule has 0 spiro atoms. The van der Waals surface area contributed by atoms with E-state index in [9.17, 15) is 9.90 Å². The van der Waals surface area contributed by atoms with Crippen molar-refractivity contribution in [3.05, 3.63) is 65.2 Å². The van der Waals surface area contributed by atoms with Crippen LogP contribution in [0.15, 0.2) is 48.5 Å². The maximum atomic E-state index is 11.4. The minimum absolute atomic E-state index is 0.342. The fraction of sp³-hybridized carbons (Fsp3) is 0.381. The molecule has 24 heavy (non-hydrogen) atoms. The average Bonchev–Trinajstić information content (AvgIpc) is 3.23. The zero-order chi connectivity index (χ0) is 16.3. The highest BCUT2D eigenvalue weighted by atomic mass is 16.4. The highest BCUT2D eigenvalue weighted by molar-refractivity contribution is 5.88. The molecule has 2 bridgehead atoms. The molecule has 2 aromatic carbocycles. The standard InChI is InChI=1S/C21H21NO2/c23-21(24)15-8-9-17-16(11-15)18-13-6-7-14(10-13)19(18)20(22-17)12-4-2-1-3-5-12/h1-5,8-9,11,13-14,18-20,22H,6-7,10H2,(H,23,24)/t13-,14+,18-,19+,20+/m0/s1. The number of anilines is 1. The van der Waals surface area contributed by atoms with Gasteiger partial charge in [0.25, 0.3) is 0 Å². The van der Waals surface area contributed by atoms with Crippen LogP contribution < -0.4 is 5.32 Å². The van der Waals surface area contributed by atoms with Crippen molar-refractivity contribution < 1.29 is 9.90 Å². The SMILES string of the molecule is O=C(O)c1ccc2c(c1)[C@@H]1[C@H]3CC[C@H](C3)[C@H]1[C@@H](c1ccccc1)N2. The summed E-state index contributed by atoms with van der Waals surface area (Å²) >= 11 is 0. The first-order chi connectivity index (χ1) is 11.7. The summed E-state index contributed by atoms with van der Waals surface area (Å²) in [6.07, 6.45) is 3.92. The number of benzene rings is 2. The van der Waals surface area contributed by atoms with Crippen LogP contribution in [0.4, 0.5) is 5.69 Å². The van der Waals surface area contributed by atoms with Crippen LogP contribution in [0.3, 0.4) is 0 Å². The summed E-state index contributed by atoms with van der Waals surface area (Å²) < 4.78 is 0. The van der Waals surface area contributed by atoms with Crippen LogP contribution in [0.25, 0.3) is 0 Å². The van der Waals surface area contributed by atoms with Gasteiger partial charge in [-0.3, -0.25) is 0 Å². The van der Waals surface area contributed by atoms with Gasteiger partial charge in [0, 0.05) is 5.69 Å². The first kappa shape index (κ1) is 14.1. The predicted octanol–water partition coefficient (Wildman–Crippen LogP) is 4.68. The van der Waals surface area contributed by atoms with Gasteiger partial charge in [-0.15, -0.1) is 0 Å². The number of rotatable bonds is 2. The van der Waals surface area contributed by atoms with Gasteiger partial charge in [-0.2, -0.15) is 0 Å². The van der Waals surface area contributed by atoms with E-state index >= 15 is 0 Å². The molecule has 2 fully saturated rings. The van der Waals surface area contributed by atoms with Crippen LogP contribution in [-0.4, -0.2) is 11.1 Å². The van der Waals surface area contributed by atoms with E-state index in [2.05, 4.69) is 35.6 Å². The maximum Gasteiger partial charge on any atom is 0.335 e. The Morgan fingerprint density at radius 2 is 1.83 bits per heavy atom. The van der Waals surface area contributed by atoms with Crippen molar-refractivity contribution in [1.82, 2.24) is 0 Å². The molecule has 0 saturated heterocycles. The first-order valence-corrected chi connectivity index (χ1v) is 8.91. The molecule has 122 valence electrons. The molecule has 0 radical (unpaired) electrons. The Kier molecular flexibility index (Phi) is 2.99. The molecule has 2 aromatic rings. The topological polar surface area (TPSA) is 49.3 Å². The van der Waals surface area contributed by atoms with Crippen molar-refractivity contribution in [3.8, 4) is 0 Å². The monoisotopic (exact) mass is 319 g/mol. The third-order valence-corrected chi connectivity index (χ3v) is 6.49. The molecule has 2 aliphatic carbocycles. The smallest absolute Gasteiger partial charge is 0.335 e. The van der Waals surface area contributed by atoms with E-state index < -0.39 is 5.97 Å². The number of carboxylic acid groups (broad SMARTS) is 1. The number of carbonyl (C=O) groups is 1. The Labute approximate surface area is 141 Å². The quantitative estimate of drug-likeness (QED) is 0.845. The van der Waals surface area contributed by atoms with Gasteiger partial charge >= 0.3 is 5.97 Å². The molecular weight excluding hydrogens is 298 g/mol. The molecule has 2 saturated carbocycles. The van der Waals surface area contributed by atoms with Crippen molar-refractivity contribution >= 4 is 11.7 Å². The summed E-state index contributed by atoms with van der Waals surface area (Å²) in [6.45, 7) is 0. The first-order valence-electron chi connectivity index (χ1n) is 8.91. The number of aromatic carboxylic acids is 1. The van der Waals surface area contributed by atoms with Gasteiger partial charge in [0.1, 0.15) is 0 Å². The molecule has 0 aromatic heterocycles. The molecule has 2 N–H and O–H groups in total. The lowest BCUT2D eigenvalue weighted by Gasteiger charge is -2.43. The molecule has 1 heterocycles. The van der Waals surface area contributed by atoms with Crippen molar-refractivity contribution in [3.63, 3.8) is 0 Å². The zero-order valence-corrected chi connectivity index (χ0v) is 13.5. The van der Waals surface area contributed by atoms with Crippen LogP contribution in [0.1, 0.15) is 52.7 Å². The summed E-state index contributed by atoms with van der Waals surface area (Å²) in [5.41, 5.74) is 4.13. The number of hydrogen-bond donors (Lipinski definition) is 2. The van der Waals surface area contributed by atoms with Gasteiger partial charge in [0.05, 0.1) is 11.6 Å². The van der Waals surface area contributed by atoms with Crippen molar-refractivity contribution in [2.75, 3.05) is 5.32 Å². The Balaban J connectivity index is 1.64. The van der Waals surface area contributed by atoms with E-state index in [0.717, 1.165) is 17.5 Å². The van der Waals surface area contributed by atoms with Crippen molar-refractivity contribution in [1.29, 1.82) is 0 Å². The van der Waals surface area contributed by atoms with Crippen LogP contribution >= 0.6 is 0 Å². The fourth-order valence-corrected chi connectivity index (χ4v) is 5.61. The third-order valence-electron chi connectivity index (χ3n) is 6.49. The maximum absolute atomic E-state index is 11.4. The van der Waals surface area contributed by atoms with Crippen molar-refractivity contribution in [2.45, 2.75) is 31.2 Å². The largest absolute Gasteiger partial charge is 0.478 e. The van der Waals surface area contributed by atoms with Gasteiger partial charge in [0.2, 0.25) is 0 Å². The Hall–Kier alpha value is -2.29. The van der Waals surface area contributed by atoms with E-state index in [1.807, 2.05) is 12.1 Å². The van der Waals surface area contributed by atoms with E-state index in [-0.39, 0.29) is 0 Å². The van der Waals surface area contributed by atoms with Gasteiger partial charge in [-0.1, -0.05) is 30.3 Å². The van der Waals surface area contributed by atoms with E-state index in [1.54, 1.807) is 6.07 Å². The molecule has 3 aliphatic rings. The molecule has 5 atom stereocenters.